The Kier molecular flexibility index (Phi) is 4.07. The number of hydrogen-bond donors (Lipinski definition) is 1. The fourth-order valence-electron chi connectivity index (χ4n) is 2.34. The van der Waals surface area contributed by atoms with Gasteiger partial charge >= 0.3 is 0 Å². The average molecular weight is 284 g/mol. The van der Waals surface area contributed by atoms with Crippen LogP contribution in [0.3, 0.4) is 0 Å². The van der Waals surface area contributed by atoms with Crippen molar-refractivity contribution in [1.29, 1.82) is 0 Å². The highest BCUT2D eigenvalue weighted by Crippen LogP contribution is 2.24. The summed E-state index contributed by atoms with van der Waals surface area (Å²) in [5.74, 6) is 0. The number of pyridine rings is 1. The third-order valence-corrected chi connectivity index (χ3v) is 5.53. The van der Waals surface area contributed by atoms with E-state index in [4.69, 9.17) is 5.73 Å². The number of nitrogen functional groups attached to an aromatic ring is 1. The number of nitrogens with zero attached hydrogens (tertiary/aromatic N) is 3. The molecule has 1 aliphatic heterocycles. The summed E-state index contributed by atoms with van der Waals surface area (Å²) in [5.41, 5.74) is 5.99. The van der Waals surface area contributed by atoms with Crippen LogP contribution >= 0.6 is 0 Å². The third kappa shape index (κ3) is 2.88. The zero-order valence-electron chi connectivity index (χ0n) is 11.3. The molecule has 2 heterocycles. The van der Waals surface area contributed by atoms with E-state index in [1.807, 2.05) is 14.1 Å². The molecule has 0 aromatic carbocycles. The van der Waals surface area contributed by atoms with Crippen molar-refractivity contribution in [2.45, 2.75) is 23.8 Å². The first kappa shape index (κ1) is 14.2. The highest BCUT2D eigenvalue weighted by Gasteiger charge is 2.31. The zero-order valence-corrected chi connectivity index (χ0v) is 12.1. The molecule has 2 N–H and O–H groups in total. The quantitative estimate of drug-likeness (QED) is 0.868. The molecule has 1 fully saturated rings. The second kappa shape index (κ2) is 5.44. The van der Waals surface area contributed by atoms with E-state index in [0.717, 1.165) is 12.8 Å². The number of aromatic nitrogens is 1. The van der Waals surface area contributed by atoms with Crippen molar-refractivity contribution in [2.24, 2.45) is 0 Å². The zero-order chi connectivity index (χ0) is 14.0. The van der Waals surface area contributed by atoms with E-state index < -0.39 is 10.0 Å². The molecule has 0 amide bonds. The van der Waals surface area contributed by atoms with Gasteiger partial charge in [-0.05, 0) is 33.0 Å². The smallest absolute Gasteiger partial charge is 0.246 e. The third-order valence-electron chi connectivity index (χ3n) is 3.59. The summed E-state index contributed by atoms with van der Waals surface area (Å²) >= 11 is 0. The fourth-order valence-corrected chi connectivity index (χ4v) is 3.87. The molecule has 0 aliphatic carbocycles. The second-order valence-electron chi connectivity index (χ2n) is 5.01. The Morgan fingerprint density at radius 2 is 2.00 bits per heavy atom. The lowest BCUT2D eigenvalue weighted by Crippen LogP contribution is -2.44. The minimum absolute atomic E-state index is 0.110. The minimum Gasteiger partial charge on any atom is -0.398 e. The molecule has 0 unspecified atom stereocenters. The van der Waals surface area contributed by atoms with E-state index in [0.29, 0.717) is 19.1 Å². The number of piperidine rings is 1. The van der Waals surface area contributed by atoms with E-state index >= 15 is 0 Å². The Bertz CT molecular complexity index is 536. The van der Waals surface area contributed by atoms with Crippen molar-refractivity contribution in [3.63, 3.8) is 0 Å². The van der Waals surface area contributed by atoms with Crippen LogP contribution in [0.15, 0.2) is 23.4 Å². The Labute approximate surface area is 114 Å². The van der Waals surface area contributed by atoms with E-state index in [9.17, 15) is 8.42 Å². The molecule has 19 heavy (non-hydrogen) atoms. The molecule has 106 valence electrons. The van der Waals surface area contributed by atoms with Gasteiger partial charge in [0.25, 0.3) is 0 Å². The lowest BCUT2D eigenvalue weighted by Gasteiger charge is -2.34. The molecule has 0 radical (unpaired) electrons. The topological polar surface area (TPSA) is 79.5 Å². The molecule has 0 saturated carbocycles. The van der Waals surface area contributed by atoms with Gasteiger partial charge in [0.1, 0.15) is 4.90 Å². The molecule has 2 rings (SSSR count). The van der Waals surface area contributed by atoms with Gasteiger partial charge in [-0.25, -0.2) is 8.42 Å². The molecule has 6 nitrogen and oxygen atoms in total. The summed E-state index contributed by atoms with van der Waals surface area (Å²) in [6, 6.07) is 1.96. The molecule has 1 aliphatic rings. The van der Waals surface area contributed by atoms with Gasteiger partial charge in [-0.3, -0.25) is 4.98 Å². The molecule has 1 saturated heterocycles. The average Bonchev–Trinajstić information content (AvgIpc) is 2.39. The summed E-state index contributed by atoms with van der Waals surface area (Å²) in [6.45, 7) is 1.05. The van der Waals surface area contributed by atoms with Gasteiger partial charge in [-0.2, -0.15) is 4.31 Å². The highest BCUT2D eigenvalue weighted by molar-refractivity contribution is 7.89. The van der Waals surface area contributed by atoms with Crippen LogP contribution in [0.25, 0.3) is 0 Å². The van der Waals surface area contributed by atoms with Crippen LogP contribution in [-0.2, 0) is 10.0 Å². The maximum Gasteiger partial charge on any atom is 0.246 e. The first-order valence-electron chi connectivity index (χ1n) is 6.29. The van der Waals surface area contributed by atoms with Crippen LogP contribution < -0.4 is 5.73 Å². The van der Waals surface area contributed by atoms with Crippen LogP contribution in [0.4, 0.5) is 5.69 Å². The Hall–Kier alpha value is -1.18. The van der Waals surface area contributed by atoms with Crippen LogP contribution in [-0.4, -0.2) is 55.8 Å². The molecule has 1 aromatic heterocycles. The van der Waals surface area contributed by atoms with Gasteiger partial charge in [0, 0.05) is 31.5 Å². The number of sulfonamides is 1. The predicted molar refractivity (Wildman–Crippen MR) is 74.1 cm³/mol. The maximum atomic E-state index is 12.5. The van der Waals surface area contributed by atoms with Crippen LogP contribution in [0.5, 0.6) is 0 Å². The van der Waals surface area contributed by atoms with Crippen molar-refractivity contribution >= 4 is 15.7 Å². The summed E-state index contributed by atoms with van der Waals surface area (Å²) in [6.07, 6.45) is 4.49. The van der Waals surface area contributed by atoms with Crippen molar-refractivity contribution in [1.82, 2.24) is 14.2 Å². The van der Waals surface area contributed by atoms with Crippen LogP contribution in [0.2, 0.25) is 0 Å². The second-order valence-corrected chi connectivity index (χ2v) is 6.92. The summed E-state index contributed by atoms with van der Waals surface area (Å²) in [4.78, 5) is 6.11. The SMILES string of the molecule is CN(C)C1CCN(S(=O)(=O)c2cnccc2N)CC1. The number of hydrogen-bond acceptors (Lipinski definition) is 5. The molecular formula is C12H20N4O2S. The first-order chi connectivity index (χ1) is 8.93. The molecule has 0 spiro atoms. The van der Waals surface area contributed by atoms with Crippen molar-refractivity contribution in [3.8, 4) is 0 Å². The van der Waals surface area contributed by atoms with Crippen molar-refractivity contribution < 1.29 is 8.42 Å². The van der Waals surface area contributed by atoms with E-state index in [-0.39, 0.29) is 10.6 Å². The van der Waals surface area contributed by atoms with Gasteiger partial charge in [-0.15, -0.1) is 0 Å². The van der Waals surface area contributed by atoms with Crippen molar-refractivity contribution in [2.75, 3.05) is 32.9 Å². The molecular weight excluding hydrogens is 264 g/mol. The van der Waals surface area contributed by atoms with Gasteiger partial charge in [0.2, 0.25) is 10.0 Å². The summed E-state index contributed by atoms with van der Waals surface area (Å²) < 4.78 is 26.5. The number of anilines is 1. The number of nitrogens with two attached hydrogens (primary N) is 1. The Balaban J connectivity index is 2.17. The molecule has 1 aromatic rings. The number of rotatable bonds is 3. The molecule has 0 bridgehead atoms. The van der Waals surface area contributed by atoms with Crippen LogP contribution in [0.1, 0.15) is 12.8 Å². The van der Waals surface area contributed by atoms with Gasteiger partial charge in [0.05, 0.1) is 5.69 Å². The van der Waals surface area contributed by atoms with Gasteiger partial charge in [-0.1, -0.05) is 0 Å². The summed E-state index contributed by atoms with van der Waals surface area (Å²) in [5, 5.41) is 0. The first-order valence-corrected chi connectivity index (χ1v) is 7.73. The maximum absolute atomic E-state index is 12.5. The van der Waals surface area contributed by atoms with E-state index in [2.05, 4.69) is 9.88 Å². The standard InChI is InChI=1S/C12H20N4O2S/c1-15(2)10-4-7-16(8-5-10)19(17,18)12-9-14-6-3-11(12)13/h3,6,9-10H,4-5,7-8H2,1-2H3,(H2,13,14). The van der Waals surface area contributed by atoms with Gasteiger partial charge in [0.15, 0.2) is 0 Å². The van der Waals surface area contributed by atoms with E-state index in [1.165, 1.54) is 22.8 Å². The van der Waals surface area contributed by atoms with Crippen molar-refractivity contribution in [3.05, 3.63) is 18.5 Å². The largest absolute Gasteiger partial charge is 0.398 e. The van der Waals surface area contributed by atoms with Crippen LogP contribution in [0, 0.1) is 0 Å². The monoisotopic (exact) mass is 284 g/mol. The lowest BCUT2D eigenvalue weighted by molar-refractivity contribution is 0.196. The Morgan fingerprint density at radius 3 is 2.53 bits per heavy atom. The van der Waals surface area contributed by atoms with Gasteiger partial charge < -0.3 is 10.6 Å². The minimum atomic E-state index is -3.51. The van der Waals surface area contributed by atoms with E-state index in [1.54, 1.807) is 0 Å². The normalized spacial score (nSPS) is 18.9. The molecule has 0 atom stereocenters. The Morgan fingerprint density at radius 1 is 1.37 bits per heavy atom. The highest BCUT2D eigenvalue weighted by atomic mass is 32.2. The lowest BCUT2D eigenvalue weighted by atomic mass is 10.1. The fraction of sp³-hybridized carbons (Fsp3) is 0.583. The predicted octanol–water partition coefficient (Wildman–Crippen LogP) is 0.378. The summed E-state index contributed by atoms with van der Waals surface area (Å²) in [7, 11) is 0.529. The molecule has 7 heteroatoms.